The molecule has 0 unspecified atom stereocenters. The summed E-state index contributed by atoms with van der Waals surface area (Å²) in [5, 5.41) is 12.2. The molecule has 4 rings (SSSR count). The Morgan fingerprint density at radius 3 is 1.97 bits per heavy atom. The Labute approximate surface area is 196 Å². The number of benzene rings is 3. The van der Waals surface area contributed by atoms with Gasteiger partial charge in [-0.15, -0.1) is 0 Å². The molecule has 2 amide bonds. The molecule has 1 heterocycles. The Morgan fingerprint density at radius 1 is 0.824 bits per heavy atom. The molecule has 0 saturated carbocycles. The minimum Gasteiger partial charge on any atom is -0.493 e. The normalized spacial score (nSPS) is 13.1. The summed E-state index contributed by atoms with van der Waals surface area (Å²) < 4.78 is 16.2. The fourth-order valence-electron chi connectivity index (χ4n) is 3.74. The van der Waals surface area contributed by atoms with Crippen LogP contribution in [-0.2, 0) is 9.59 Å². The number of amides is 2. The SMILES string of the molecule is COc1cc(NC2=C(c3ccccc3)C(=O)N(c3ccc(C#N)cc3)C2=O)cc(OC)c1OC. The number of carbonyl (C=O) groups is 2. The van der Waals surface area contributed by atoms with Gasteiger partial charge in [-0.05, 0) is 29.8 Å². The number of nitriles is 1. The number of rotatable bonds is 7. The fraction of sp³-hybridized carbons (Fsp3) is 0.115. The Bertz CT molecular complexity index is 1300. The summed E-state index contributed by atoms with van der Waals surface area (Å²) in [5.74, 6) is 0.192. The van der Waals surface area contributed by atoms with Crippen LogP contribution in [0.4, 0.5) is 11.4 Å². The van der Waals surface area contributed by atoms with Crippen LogP contribution in [0.15, 0.2) is 72.4 Å². The van der Waals surface area contributed by atoms with Crippen molar-refractivity contribution in [3.63, 3.8) is 0 Å². The summed E-state index contributed by atoms with van der Waals surface area (Å²) in [7, 11) is 4.48. The van der Waals surface area contributed by atoms with Gasteiger partial charge >= 0.3 is 0 Å². The Hall–Kier alpha value is -4.77. The van der Waals surface area contributed by atoms with E-state index in [1.807, 2.05) is 12.1 Å². The average Bonchev–Trinajstić information content (AvgIpc) is 3.12. The molecule has 0 aliphatic carbocycles. The van der Waals surface area contributed by atoms with Crippen LogP contribution in [0.25, 0.3) is 5.57 Å². The highest BCUT2D eigenvalue weighted by Gasteiger charge is 2.40. The third-order valence-corrected chi connectivity index (χ3v) is 5.34. The van der Waals surface area contributed by atoms with Gasteiger partial charge in [-0.1, -0.05) is 30.3 Å². The zero-order valence-electron chi connectivity index (χ0n) is 18.8. The van der Waals surface area contributed by atoms with Crippen molar-refractivity contribution in [2.45, 2.75) is 0 Å². The molecule has 0 bridgehead atoms. The second kappa shape index (κ2) is 9.38. The van der Waals surface area contributed by atoms with E-state index in [-0.39, 0.29) is 11.3 Å². The lowest BCUT2D eigenvalue weighted by molar-refractivity contribution is -0.120. The van der Waals surface area contributed by atoms with Crippen molar-refractivity contribution < 1.29 is 23.8 Å². The van der Waals surface area contributed by atoms with E-state index in [2.05, 4.69) is 5.32 Å². The van der Waals surface area contributed by atoms with Gasteiger partial charge in [0.05, 0.1) is 44.2 Å². The standard InChI is InChI=1S/C26H21N3O5/c1-32-20-13-18(14-21(33-2)24(20)34-3)28-23-22(17-7-5-4-6-8-17)25(30)29(26(23)31)19-11-9-16(15-27)10-12-19/h4-14,28H,1-3H3. The van der Waals surface area contributed by atoms with Crippen molar-refractivity contribution in [3.8, 4) is 23.3 Å². The van der Waals surface area contributed by atoms with E-state index >= 15 is 0 Å². The number of methoxy groups -OCH3 is 3. The van der Waals surface area contributed by atoms with Crippen LogP contribution in [0, 0.1) is 11.3 Å². The first kappa shape index (κ1) is 22.4. The lowest BCUT2D eigenvalue weighted by Gasteiger charge is -2.17. The molecular weight excluding hydrogens is 434 g/mol. The molecule has 0 atom stereocenters. The fourth-order valence-corrected chi connectivity index (χ4v) is 3.74. The highest BCUT2D eigenvalue weighted by Crippen LogP contribution is 2.41. The first-order valence-electron chi connectivity index (χ1n) is 10.3. The quantitative estimate of drug-likeness (QED) is 0.538. The Kier molecular flexibility index (Phi) is 6.19. The summed E-state index contributed by atoms with van der Waals surface area (Å²) in [4.78, 5) is 28.1. The number of hydrogen-bond donors (Lipinski definition) is 1. The van der Waals surface area contributed by atoms with Gasteiger partial charge in [0, 0.05) is 17.8 Å². The van der Waals surface area contributed by atoms with Crippen molar-refractivity contribution in [2.24, 2.45) is 0 Å². The highest BCUT2D eigenvalue weighted by atomic mass is 16.5. The second-order valence-electron chi connectivity index (χ2n) is 7.26. The predicted molar refractivity (Wildman–Crippen MR) is 127 cm³/mol. The molecule has 0 fully saturated rings. The number of hydrogen-bond acceptors (Lipinski definition) is 7. The molecule has 1 aliphatic rings. The zero-order valence-corrected chi connectivity index (χ0v) is 18.8. The molecule has 0 aromatic heterocycles. The first-order valence-corrected chi connectivity index (χ1v) is 10.3. The van der Waals surface area contributed by atoms with Gasteiger partial charge in [-0.2, -0.15) is 5.26 Å². The molecule has 0 radical (unpaired) electrons. The lowest BCUT2D eigenvalue weighted by atomic mass is 10.0. The highest BCUT2D eigenvalue weighted by molar-refractivity contribution is 6.46. The van der Waals surface area contributed by atoms with Crippen molar-refractivity contribution in [3.05, 3.63) is 83.6 Å². The molecule has 0 saturated heterocycles. The van der Waals surface area contributed by atoms with Gasteiger partial charge in [0.1, 0.15) is 5.70 Å². The van der Waals surface area contributed by atoms with Crippen LogP contribution in [0.3, 0.4) is 0 Å². The Balaban J connectivity index is 1.82. The second-order valence-corrected chi connectivity index (χ2v) is 7.26. The minimum absolute atomic E-state index is 0.106. The Morgan fingerprint density at radius 2 is 1.44 bits per heavy atom. The van der Waals surface area contributed by atoms with E-state index in [9.17, 15) is 9.59 Å². The van der Waals surface area contributed by atoms with Crippen LogP contribution in [-0.4, -0.2) is 33.1 Å². The number of carbonyl (C=O) groups excluding carboxylic acids is 2. The number of imide groups is 1. The number of nitrogens with one attached hydrogen (secondary N) is 1. The lowest BCUT2D eigenvalue weighted by Crippen LogP contribution is -2.32. The molecule has 1 aliphatic heterocycles. The van der Waals surface area contributed by atoms with E-state index < -0.39 is 11.8 Å². The zero-order chi connectivity index (χ0) is 24.2. The van der Waals surface area contributed by atoms with Gasteiger partial charge in [-0.25, -0.2) is 4.90 Å². The van der Waals surface area contributed by atoms with Gasteiger partial charge in [0.15, 0.2) is 11.5 Å². The van der Waals surface area contributed by atoms with Gasteiger partial charge in [0.25, 0.3) is 11.8 Å². The molecule has 170 valence electrons. The van der Waals surface area contributed by atoms with E-state index in [4.69, 9.17) is 19.5 Å². The molecular formula is C26H21N3O5. The maximum atomic E-state index is 13.5. The van der Waals surface area contributed by atoms with E-state index in [0.717, 1.165) is 4.90 Å². The maximum Gasteiger partial charge on any atom is 0.282 e. The van der Waals surface area contributed by atoms with E-state index in [1.165, 1.54) is 21.3 Å². The topological polar surface area (TPSA) is 101 Å². The first-order chi connectivity index (χ1) is 16.5. The van der Waals surface area contributed by atoms with Crippen LogP contribution < -0.4 is 24.4 Å². The summed E-state index contributed by atoms with van der Waals surface area (Å²) in [5.41, 5.74) is 2.19. The van der Waals surface area contributed by atoms with Gasteiger partial charge < -0.3 is 19.5 Å². The van der Waals surface area contributed by atoms with Gasteiger partial charge in [0.2, 0.25) is 5.75 Å². The van der Waals surface area contributed by atoms with E-state index in [0.29, 0.717) is 39.8 Å². The summed E-state index contributed by atoms with van der Waals surface area (Å²) in [6.07, 6.45) is 0. The molecule has 8 nitrogen and oxygen atoms in total. The van der Waals surface area contributed by atoms with Crippen molar-refractivity contribution in [2.75, 3.05) is 31.5 Å². The van der Waals surface area contributed by atoms with Crippen LogP contribution in [0.2, 0.25) is 0 Å². The van der Waals surface area contributed by atoms with Crippen molar-refractivity contribution >= 4 is 28.8 Å². The van der Waals surface area contributed by atoms with E-state index in [1.54, 1.807) is 60.7 Å². The molecule has 0 spiro atoms. The average molecular weight is 455 g/mol. The van der Waals surface area contributed by atoms with Crippen molar-refractivity contribution in [1.29, 1.82) is 5.26 Å². The van der Waals surface area contributed by atoms with Crippen LogP contribution in [0.1, 0.15) is 11.1 Å². The molecule has 3 aromatic carbocycles. The minimum atomic E-state index is -0.526. The smallest absolute Gasteiger partial charge is 0.282 e. The third kappa shape index (κ3) is 3.91. The molecule has 34 heavy (non-hydrogen) atoms. The van der Waals surface area contributed by atoms with Gasteiger partial charge in [-0.3, -0.25) is 9.59 Å². The summed E-state index contributed by atoms with van der Waals surface area (Å²) in [6, 6.07) is 20.5. The number of ether oxygens (including phenoxy) is 3. The predicted octanol–water partition coefficient (Wildman–Crippen LogP) is 3.98. The largest absolute Gasteiger partial charge is 0.493 e. The van der Waals surface area contributed by atoms with Crippen LogP contribution in [0.5, 0.6) is 17.2 Å². The number of anilines is 2. The third-order valence-electron chi connectivity index (χ3n) is 5.34. The van der Waals surface area contributed by atoms with Crippen LogP contribution >= 0.6 is 0 Å². The molecule has 3 aromatic rings. The summed E-state index contributed by atoms with van der Waals surface area (Å²) in [6.45, 7) is 0. The van der Waals surface area contributed by atoms with Crippen molar-refractivity contribution in [1.82, 2.24) is 0 Å². The maximum absolute atomic E-state index is 13.5. The monoisotopic (exact) mass is 455 g/mol. The number of nitrogens with zero attached hydrogens (tertiary/aromatic N) is 2. The molecule has 8 heteroatoms. The molecule has 1 N–H and O–H groups in total. The summed E-state index contributed by atoms with van der Waals surface area (Å²) >= 11 is 0.